The molecule has 0 fully saturated rings. The van der Waals surface area contributed by atoms with Crippen molar-refractivity contribution < 1.29 is 0 Å². The van der Waals surface area contributed by atoms with Crippen LogP contribution in [0.5, 0.6) is 0 Å². The fourth-order valence-corrected chi connectivity index (χ4v) is 1.50. The Morgan fingerprint density at radius 2 is 1.67 bits per heavy atom. The second kappa shape index (κ2) is 11.6. The van der Waals surface area contributed by atoms with Crippen molar-refractivity contribution in [3.63, 3.8) is 0 Å². The minimum absolute atomic E-state index is 0.766. The van der Waals surface area contributed by atoms with Gasteiger partial charge in [-0.2, -0.15) is 0 Å². The molecule has 0 aliphatic carbocycles. The maximum absolute atomic E-state index is 3.85. The van der Waals surface area contributed by atoms with Gasteiger partial charge in [0.25, 0.3) is 0 Å². The molecule has 0 nitrogen and oxygen atoms in total. The van der Waals surface area contributed by atoms with Crippen LogP contribution in [0.25, 0.3) is 0 Å². The van der Waals surface area contributed by atoms with Crippen molar-refractivity contribution in [3.8, 4) is 11.8 Å². The molecular weight excluding hydrogens is 180 g/mol. The van der Waals surface area contributed by atoms with Gasteiger partial charge in [0.1, 0.15) is 0 Å². The van der Waals surface area contributed by atoms with E-state index in [1.54, 1.807) is 0 Å². The molecule has 0 aromatic heterocycles. The van der Waals surface area contributed by atoms with E-state index in [1.165, 1.54) is 25.7 Å². The van der Waals surface area contributed by atoms with Crippen LogP contribution in [0.2, 0.25) is 0 Å². The van der Waals surface area contributed by atoms with E-state index in [9.17, 15) is 0 Å². The fourth-order valence-electron chi connectivity index (χ4n) is 1.50. The van der Waals surface area contributed by atoms with Crippen molar-refractivity contribution >= 4 is 0 Å². The molecule has 15 heavy (non-hydrogen) atoms. The van der Waals surface area contributed by atoms with E-state index < -0.39 is 0 Å². The van der Waals surface area contributed by atoms with Gasteiger partial charge in [0.15, 0.2) is 0 Å². The zero-order chi connectivity index (χ0) is 11.4. The monoisotopic (exact) mass is 206 g/mol. The predicted octanol–water partition coefficient (Wildman–Crippen LogP) is 4.80. The minimum atomic E-state index is 0.766. The van der Waals surface area contributed by atoms with Gasteiger partial charge >= 0.3 is 0 Å². The van der Waals surface area contributed by atoms with Crippen LogP contribution in [0, 0.1) is 31.6 Å². The fraction of sp³-hybridized carbons (Fsp3) is 0.733. The maximum atomic E-state index is 3.85. The van der Waals surface area contributed by atoms with Crippen molar-refractivity contribution in [2.24, 2.45) is 5.92 Å². The van der Waals surface area contributed by atoms with Crippen molar-refractivity contribution in [2.45, 2.75) is 64.7 Å². The topological polar surface area (TPSA) is 0 Å². The molecular formula is C15H26. The first kappa shape index (κ1) is 14.6. The zero-order valence-corrected chi connectivity index (χ0v) is 10.4. The number of rotatable bonds is 8. The SMILES string of the molecule is [CH2]CCCC#CCC(C)CCCCC[CH2]. The number of hydrogen-bond donors (Lipinski definition) is 0. The summed E-state index contributed by atoms with van der Waals surface area (Å²) in [6, 6.07) is 0. The highest BCUT2D eigenvalue weighted by molar-refractivity contribution is 4.99. The zero-order valence-electron chi connectivity index (χ0n) is 10.4. The molecule has 0 aliphatic rings. The molecule has 1 unspecified atom stereocenters. The van der Waals surface area contributed by atoms with Gasteiger partial charge in [-0.1, -0.05) is 52.9 Å². The molecule has 0 aromatic rings. The Bertz CT molecular complexity index is 170. The largest absolute Gasteiger partial charge is 0.103 e. The molecule has 0 bridgehead atoms. The lowest BCUT2D eigenvalue weighted by atomic mass is 10.00. The van der Waals surface area contributed by atoms with Crippen LogP contribution in [-0.4, -0.2) is 0 Å². The van der Waals surface area contributed by atoms with Crippen LogP contribution in [0.3, 0.4) is 0 Å². The highest BCUT2D eigenvalue weighted by Crippen LogP contribution is 2.12. The summed E-state index contributed by atoms with van der Waals surface area (Å²) in [7, 11) is 0. The van der Waals surface area contributed by atoms with Gasteiger partial charge in [-0.15, -0.1) is 11.8 Å². The van der Waals surface area contributed by atoms with E-state index in [0.29, 0.717) is 0 Å². The second-order valence-electron chi connectivity index (χ2n) is 4.32. The molecule has 0 N–H and O–H groups in total. The van der Waals surface area contributed by atoms with Crippen LogP contribution < -0.4 is 0 Å². The average Bonchev–Trinajstić information content (AvgIpc) is 2.24. The summed E-state index contributed by atoms with van der Waals surface area (Å²) in [6.07, 6.45) is 10.6. The minimum Gasteiger partial charge on any atom is -0.103 e. The van der Waals surface area contributed by atoms with E-state index >= 15 is 0 Å². The third-order valence-corrected chi connectivity index (χ3v) is 2.57. The van der Waals surface area contributed by atoms with E-state index in [0.717, 1.165) is 38.0 Å². The lowest BCUT2D eigenvalue weighted by Crippen LogP contribution is -1.92. The Morgan fingerprint density at radius 3 is 2.33 bits per heavy atom. The molecule has 0 aliphatic heterocycles. The molecule has 1 atom stereocenters. The van der Waals surface area contributed by atoms with Crippen LogP contribution in [0.15, 0.2) is 0 Å². The average molecular weight is 206 g/mol. The second-order valence-corrected chi connectivity index (χ2v) is 4.32. The van der Waals surface area contributed by atoms with Crippen LogP contribution >= 0.6 is 0 Å². The highest BCUT2D eigenvalue weighted by Gasteiger charge is 1.98. The lowest BCUT2D eigenvalue weighted by Gasteiger charge is -2.06. The lowest BCUT2D eigenvalue weighted by molar-refractivity contribution is 0.501. The maximum Gasteiger partial charge on any atom is 0.0114 e. The van der Waals surface area contributed by atoms with Gasteiger partial charge in [-0.25, -0.2) is 0 Å². The summed E-state index contributed by atoms with van der Waals surface area (Å²) in [5.74, 6) is 7.26. The molecule has 0 heteroatoms. The van der Waals surface area contributed by atoms with E-state index in [1.807, 2.05) is 0 Å². The molecule has 0 saturated carbocycles. The van der Waals surface area contributed by atoms with Gasteiger partial charge in [0.05, 0.1) is 0 Å². The Morgan fingerprint density at radius 1 is 0.933 bits per heavy atom. The molecule has 0 amide bonds. The van der Waals surface area contributed by atoms with Gasteiger partial charge in [-0.3, -0.25) is 0 Å². The van der Waals surface area contributed by atoms with E-state index in [-0.39, 0.29) is 0 Å². The highest BCUT2D eigenvalue weighted by atomic mass is 14.0. The third-order valence-electron chi connectivity index (χ3n) is 2.57. The van der Waals surface area contributed by atoms with E-state index in [2.05, 4.69) is 32.6 Å². The summed E-state index contributed by atoms with van der Waals surface area (Å²) >= 11 is 0. The summed E-state index contributed by atoms with van der Waals surface area (Å²) < 4.78 is 0. The smallest absolute Gasteiger partial charge is 0.0114 e. The summed E-state index contributed by atoms with van der Waals surface area (Å²) in [6.45, 7) is 9.96. The Kier molecular flexibility index (Phi) is 11.3. The molecule has 0 heterocycles. The number of unbranched alkanes of at least 4 members (excludes halogenated alkanes) is 5. The quantitative estimate of drug-likeness (QED) is 0.395. The first-order chi connectivity index (χ1) is 7.31. The summed E-state index contributed by atoms with van der Waals surface area (Å²) in [5.41, 5.74) is 0. The van der Waals surface area contributed by atoms with Gasteiger partial charge in [0, 0.05) is 12.8 Å². The van der Waals surface area contributed by atoms with Crippen LogP contribution in [0.4, 0.5) is 0 Å². The molecule has 0 rings (SSSR count). The summed E-state index contributed by atoms with van der Waals surface area (Å²) in [4.78, 5) is 0. The van der Waals surface area contributed by atoms with Crippen LogP contribution in [0.1, 0.15) is 64.7 Å². The predicted molar refractivity (Wildman–Crippen MR) is 69.2 cm³/mol. The molecule has 0 saturated heterocycles. The normalized spacial score (nSPS) is 11.9. The Hall–Kier alpha value is -0.440. The molecule has 86 valence electrons. The molecule has 0 spiro atoms. The molecule has 0 aromatic carbocycles. The van der Waals surface area contributed by atoms with Gasteiger partial charge < -0.3 is 0 Å². The first-order valence-corrected chi connectivity index (χ1v) is 6.35. The third kappa shape index (κ3) is 11.5. The first-order valence-electron chi connectivity index (χ1n) is 6.35. The molecule has 2 radical (unpaired) electrons. The van der Waals surface area contributed by atoms with Crippen LogP contribution in [-0.2, 0) is 0 Å². The Balaban J connectivity index is 3.30. The standard InChI is InChI=1S/C15H26/c1-4-6-8-10-12-14-15(3)13-11-9-7-5-2/h15H,1-2,4-9,11,13-14H2,3H3. The van der Waals surface area contributed by atoms with Crippen molar-refractivity contribution in [2.75, 3.05) is 0 Å². The van der Waals surface area contributed by atoms with Crippen molar-refractivity contribution in [1.29, 1.82) is 0 Å². The Labute approximate surface area is 96.8 Å². The van der Waals surface area contributed by atoms with Crippen molar-refractivity contribution in [1.82, 2.24) is 0 Å². The van der Waals surface area contributed by atoms with Crippen molar-refractivity contribution in [3.05, 3.63) is 13.8 Å². The number of hydrogen-bond acceptors (Lipinski definition) is 0. The van der Waals surface area contributed by atoms with E-state index in [4.69, 9.17) is 0 Å². The summed E-state index contributed by atoms with van der Waals surface area (Å²) in [5, 5.41) is 0. The van der Waals surface area contributed by atoms with Gasteiger partial charge in [-0.05, 0) is 18.8 Å². The van der Waals surface area contributed by atoms with Gasteiger partial charge in [0.2, 0.25) is 0 Å².